The minimum absolute atomic E-state index is 0.0337. The first kappa shape index (κ1) is 16.8. The Hall–Kier alpha value is -2.55. The van der Waals surface area contributed by atoms with E-state index >= 15 is 0 Å². The number of halogens is 4. The maximum atomic E-state index is 12.8. The summed E-state index contributed by atoms with van der Waals surface area (Å²) in [5, 5.41) is 0. The van der Waals surface area contributed by atoms with Crippen molar-refractivity contribution in [2.24, 2.45) is 7.05 Å². The molecule has 0 fully saturated rings. The van der Waals surface area contributed by atoms with E-state index in [0.717, 1.165) is 13.1 Å². The van der Waals surface area contributed by atoms with Crippen molar-refractivity contribution >= 4 is 17.7 Å². The van der Waals surface area contributed by atoms with Crippen molar-refractivity contribution in [3.05, 3.63) is 62.4 Å². The predicted octanol–water partition coefficient (Wildman–Crippen LogP) is 1.44. The molecule has 0 aliphatic carbocycles. The molecule has 0 aliphatic heterocycles. The quantitative estimate of drug-likeness (QED) is 0.835. The standard InChI is InChI=1S/C13H9ClF3N3O3/c1-19-9(13(15,16)17)6-10(21)20(12(19)23)8-4-2-3-7(5-8)11(22)18-14/h2-6H,1H3,(H,18,22). The molecule has 0 spiro atoms. The maximum absolute atomic E-state index is 12.8. The third-order valence-corrected chi connectivity index (χ3v) is 3.23. The molecule has 0 unspecified atom stereocenters. The number of alkyl halides is 3. The molecule has 6 nitrogen and oxygen atoms in total. The molecule has 10 heteroatoms. The Morgan fingerprint density at radius 1 is 1.22 bits per heavy atom. The van der Waals surface area contributed by atoms with Gasteiger partial charge in [0, 0.05) is 30.5 Å². The van der Waals surface area contributed by atoms with Gasteiger partial charge in [0.2, 0.25) is 0 Å². The zero-order valence-electron chi connectivity index (χ0n) is 11.5. The van der Waals surface area contributed by atoms with Crippen LogP contribution in [0.15, 0.2) is 39.9 Å². The fourth-order valence-corrected chi connectivity index (χ4v) is 2.09. The molecule has 0 saturated heterocycles. The van der Waals surface area contributed by atoms with Crippen LogP contribution in [0.5, 0.6) is 0 Å². The number of aromatic nitrogens is 2. The Kier molecular flexibility index (Phi) is 4.33. The third-order valence-electron chi connectivity index (χ3n) is 3.06. The van der Waals surface area contributed by atoms with Gasteiger partial charge in [-0.2, -0.15) is 13.2 Å². The zero-order valence-corrected chi connectivity index (χ0v) is 12.3. The highest BCUT2D eigenvalue weighted by Crippen LogP contribution is 2.26. The smallest absolute Gasteiger partial charge is 0.292 e. The monoisotopic (exact) mass is 347 g/mol. The summed E-state index contributed by atoms with van der Waals surface area (Å²) < 4.78 is 39.2. The van der Waals surface area contributed by atoms with Gasteiger partial charge in [-0.3, -0.25) is 19.0 Å². The largest absolute Gasteiger partial charge is 0.431 e. The molecule has 0 atom stereocenters. The van der Waals surface area contributed by atoms with Gasteiger partial charge in [-0.1, -0.05) is 6.07 Å². The van der Waals surface area contributed by atoms with Gasteiger partial charge < -0.3 is 0 Å². The minimum Gasteiger partial charge on any atom is -0.292 e. The Morgan fingerprint density at radius 2 is 1.87 bits per heavy atom. The van der Waals surface area contributed by atoms with Crippen LogP contribution in [-0.4, -0.2) is 15.0 Å². The molecule has 1 heterocycles. The maximum Gasteiger partial charge on any atom is 0.431 e. The van der Waals surface area contributed by atoms with Gasteiger partial charge in [-0.15, -0.1) is 0 Å². The first-order valence-corrected chi connectivity index (χ1v) is 6.46. The highest BCUT2D eigenvalue weighted by atomic mass is 35.5. The molecular formula is C13H9ClF3N3O3. The van der Waals surface area contributed by atoms with Crippen LogP contribution in [-0.2, 0) is 13.2 Å². The molecule has 2 rings (SSSR count). The highest BCUT2D eigenvalue weighted by Gasteiger charge is 2.35. The molecule has 23 heavy (non-hydrogen) atoms. The van der Waals surface area contributed by atoms with Crippen LogP contribution in [0.3, 0.4) is 0 Å². The van der Waals surface area contributed by atoms with Gasteiger partial charge in [0.1, 0.15) is 5.69 Å². The van der Waals surface area contributed by atoms with Gasteiger partial charge in [0.15, 0.2) is 0 Å². The van der Waals surface area contributed by atoms with Crippen molar-refractivity contribution in [1.29, 1.82) is 0 Å². The Balaban J connectivity index is 2.72. The van der Waals surface area contributed by atoms with E-state index in [1.54, 1.807) is 0 Å². The van der Waals surface area contributed by atoms with E-state index in [0.29, 0.717) is 15.2 Å². The molecule has 0 radical (unpaired) electrons. The molecule has 122 valence electrons. The highest BCUT2D eigenvalue weighted by molar-refractivity contribution is 6.24. The van der Waals surface area contributed by atoms with Crippen LogP contribution >= 0.6 is 11.8 Å². The van der Waals surface area contributed by atoms with Crippen LogP contribution in [0.2, 0.25) is 0 Å². The lowest BCUT2D eigenvalue weighted by Gasteiger charge is -2.14. The second-order valence-electron chi connectivity index (χ2n) is 4.52. The number of nitrogens with zero attached hydrogens (tertiary/aromatic N) is 2. The van der Waals surface area contributed by atoms with E-state index in [1.165, 1.54) is 18.2 Å². The van der Waals surface area contributed by atoms with Gasteiger partial charge in [-0.05, 0) is 18.2 Å². The Bertz CT molecular complexity index is 886. The molecule has 1 aromatic heterocycles. The lowest BCUT2D eigenvalue weighted by atomic mass is 10.2. The van der Waals surface area contributed by atoms with E-state index in [9.17, 15) is 27.6 Å². The SMILES string of the molecule is Cn1c(C(F)(F)F)cc(=O)n(-c2cccc(C(=O)NCl)c2)c1=O. The number of hydrogen-bond acceptors (Lipinski definition) is 3. The molecule has 0 bridgehead atoms. The second-order valence-corrected chi connectivity index (χ2v) is 4.71. The number of nitrogens with one attached hydrogen (secondary N) is 1. The normalized spacial score (nSPS) is 11.3. The molecular weight excluding hydrogens is 339 g/mol. The molecule has 0 saturated carbocycles. The first-order valence-electron chi connectivity index (χ1n) is 6.08. The van der Waals surface area contributed by atoms with Crippen LogP contribution in [0.25, 0.3) is 5.69 Å². The summed E-state index contributed by atoms with van der Waals surface area (Å²) in [4.78, 5) is 37.3. The lowest BCUT2D eigenvalue weighted by Crippen LogP contribution is -2.40. The number of hydrogen-bond donors (Lipinski definition) is 1. The van der Waals surface area contributed by atoms with Crippen molar-refractivity contribution in [3.8, 4) is 5.69 Å². The van der Waals surface area contributed by atoms with E-state index in [1.807, 2.05) is 4.84 Å². The summed E-state index contributed by atoms with van der Waals surface area (Å²) in [7, 11) is 0.899. The summed E-state index contributed by atoms with van der Waals surface area (Å²) in [5.74, 6) is -0.690. The van der Waals surface area contributed by atoms with Crippen LogP contribution < -0.4 is 16.1 Å². The number of rotatable bonds is 2. The van der Waals surface area contributed by atoms with Gasteiger partial charge in [0.25, 0.3) is 11.5 Å². The summed E-state index contributed by atoms with van der Waals surface area (Å²) in [6.07, 6.45) is -4.84. The number of carbonyl (C=O) groups excluding carboxylic acids is 1. The third kappa shape index (κ3) is 3.14. The van der Waals surface area contributed by atoms with Crippen molar-refractivity contribution < 1.29 is 18.0 Å². The summed E-state index contributed by atoms with van der Waals surface area (Å²) in [6, 6.07) is 5.51. The molecule has 2 aromatic rings. The van der Waals surface area contributed by atoms with Crippen LogP contribution in [0.1, 0.15) is 16.1 Å². The van der Waals surface area contributed by atoms with Crippen molar-refractivity contribution in [1.82, 2.24) is 14.0 Å². The topological polar surface area (TPSA) is 73.1 Å². The van der Waals surface area contributed by atoms with Gasteiger partial charge in [0.05, 0.1) is 5.69 Å². The second kappa shape index (κ2) is 5.92. The summed E-state index contributed by atoms with van der Waals surface area (Å²) in [6.45, 7) is 0. The first-order chi connectivity index (χ1) is 10.7. The van der Waals surface area contributed by atoms with Crippen molar-refractivity contribution in [3.63, 3.8) is 0 Å². The van der Waals surface area contributed by atoms with Crippen molar-refractivity contribution in [2.45, 2.75) is 6.18 Å². The molecule has 1 aromatic carbocycles. The van der Waals surface area contributed by atoms with Crippen LogP contribution in [0, 0.1) is 0 Å². The van der Waals surface area contributed by atoms with E-state index in [-0.39, 0.29) is 11.3 Å². The van der Waals surface area contributed by atoms with Crippen LogP contribution in [0.4, 0.5) is 13.2 Å². The zero-order chi connectivity index (χ0) is 17.4. The summed E-state index contributed by atoms with van der Waals surface area (Å²) in [5.41, 5.74) is -3.73. The van der Waals surface area contributed by atoms with E-state index in [2.05, 4.69) is 0 Å². The number of carbonyl (C=O) groups is 1. The van der Waals surface area contributed by atoms with E-state index in [4.69, 9.17) is 11.8 Å². The molecule has 1 amide bonds. The number of benzene rings is 1. The molecule has 1 N–H and O–H groups in total. The molecule has 0 aliphatic rings. The minimum atomic E-state index is -4.84. The fraction of sp³-hybridized carbons (Fsp3) is 0.154. The fourth-order valence-electron chi connectivity index (χ4n) is 1.98. The van der Waals surface area contributed by atoms with E-state index < -0.39 is 29.0 Å². The Labute approximate surface area is 131 Å². The Morgan fingerprint density at radius 3 is 2.43 bits per heavy atom. The van der Waals surface area contributed by atoms with Crippen molar-refractivity contribution in [2.75, 3.05) is 0 Å². The summed E-state index contributed by atoms with van der Waals surface area (Å²) >= 11 is 5.18. The van der Waals surface area contributed by atoms with Gasteiger partial charge in [-0.25, -0.2) is 9.36 Å². The number of amides is 1. The average molecular weight is 348 g/mol. The predicted molar refractivity (Wildman–Crippen MR) is 75.6 cm³/mol. The average Bonchev–Trinajstić information content (AvgIpc) is 2.49. The lowest BCUT2D eigenvalue weighted by molar-refractivity contribution is -0.144. The van der Waals surface area contributed by atoms with Gasteiger partial charge >= 0.3 is 11.9 Å².